The lowest BCUT2D eigenvalue weighted by atomic mass is 9.78. The predicted molar refractivity (Wildman–Crippen MR) is 103 cm³/mol. The molecule has 0 aliphatic carbocycles. The molecule has 0 bridgehead atoms. The number of thiazole rings is 1. The minimum absolute atomic E-state index is 0.00778. The molecule has 0 radical (unpaired) electrons. The zero-order valence-electron chi connectivity index (χ0n) is 16.3. The van der Waals surface area contributed by atoms with Crippen LogP contribution in [-0.4, -0.2) is 49.9 Å². The quantitative estimate of drug-likeness (QED) is 0.339. The number of hydrogen-bond acceptors (Lipinski definition) is 5. The number of carbonyl (C=O) groups excluding carboxylic acids is 2. The topological polar surface area (TPSA) is 115 Å². The molecule has 3 N–H and O–H groups in total. The highest BCUT2D eigenvalue weighted by Gasteiger charge is 2.60. The number of carbonyl (C=O) groups is 3. The lowest BCUT2D eigenvalue weighted by Gasteiger charge is -2.46. The summed E-state index contributed by atoms with van der Waals surface area (Å²) in [5, 5.41) is 24.5. The summed E-state index contributed by atoms with van der Waals surface area (Å²) in [6, 6.07) is -0.638. The molecule has 154 valence electrons. The van der Waals surface area contributed by atoms with Crippen LogP contribution < -0.4 is 9.88 Å². The molecule has 29 heavy (non-hydrogen) atoms. The van der Waals surface area contributed by atoms with Gasteiger partial charge in [0.2, 0.25) is 17.1 Å². The number of imidazole rings is 1. The van der Waals surface area contributed by atoms with Crippen molar-refractivity contribution < 1.29 is 29.2 Å². The highest BCUT2D eigenvalue weighted by Crippen LogP contribution is 2.47. The number of hydrogen-bond donors (Lipinski definition) is 3. The number of carboxylic acids is 1. The van der Waals surface area contributed by atoms with Crippen molar-refractivity contribution in [3.63, 3.8) is 0 Å². The number of aromatic nitrogens is 2. The molecular formula is C19H23N4O5S+. The maximum absolute atomic E-state index is 12.5. The zero-order chi connectivity index (χ0) is 21.0. The molecule has 0 aromatic carbocycles. The van der Waals surface area contributed by atoms with E-state index in [1.807, 2.05) is 40.6 Å². The second kappa shape index (κ2) is 6.96. The second-order valence-electron chi connectivity index (χ2n) is 7.67. The van der Waals surface area contributed by atoms with Crippen molar-refractivity contribution in [2.45, 2.75) is 45.5 Å². The normalized spacial score (nSPS) is 25.7. The van der Waals surface area contributed by atoms with E-state index in [-0.39, 0.29) is 36.2 Å². The Labute approximate surface area is 170 Å². The van der Waals surface area contributed by atoms with Crippen LogP contribution in [0.4, 0.5) is 0 Å². The van der Waals surface area contributed by atoms with Gasteiger partial charge in [-0.2, -0.15) is 4.40 Å². The van der Waals surface area contributed by atoms with E-state index in [1.54, 1.807) is 6.92 Å². The van der Waals surface area contributed by atoms with E-state index in [0.29, 0.717) is 12.0 Å². The molecule has 5 atom stereocenters. The lowest BCUT2D eigenvalue weighted by molar-refractivity contribution is -0.697. The highest BCUT2D eigenvalue weighted by atomic mass is 32.1. The Hall–Kier alpha value is -2.72. The summed E-state index contributed by atoms with van der Waals surface area (Å²) in [7, 11) is 0. The number of rotatable bonds is 7. The number of aliphatic hydroxyl groups is 1. The van der Waals surface area contributed by atoms with Crippen LogP contribution in [0.5, 0.6) is 0 Å². The Bertz CT molecular complexity index is 1040. The number of carboxylic acid groups (broad SMARTS) is 1. The zero-order valence-corrected chi connectivity index (χ0v) is 17.1. The maximum atomic E-state index is 12.5. The van der Waals surface area contributed by atoms with Crippen molar-refractivity contribution in [2.24, 2.45) is 11.8 Å². The number of amides is 2. The van der Waals surface area contributed by atoms with Gasteiger partial charge in [0, 0.05) is 16.9 Å². The first-order chi connectivity index (χ1) is 13.8. The number of β-lactam (4-membered cyclic amide) rings is 1. The Morgan fingerprint density at radius 2 is 2.17 bits per heavy atom. The van der Waals surface area contributed by atoms with Gasteiger partial charge in [0.1, 0.15) is 30.7 Å². The van der Waals surface area contributed by atoms with Crippen LogP contribution >= 0.6 is 11.3 Å². The average molecular weight is 419 g/mol. The van der Waals surface area contributed by atoms with Crippen molar-refractivity contribution >= 4 is 34.5 Å². The van der Waals surface area contributed by atoms with Crippen molar-refractivity contribution in [1.82, 2.24) is 14.6 Å². The molecule has 1 fully saturated rings. The van der Waals surface area contributed by atoms with Gasteiger partial charge < -0.3 is 20.4 Å². The van der Waals surface area contributed by atoms with Gasteiger partial charge in [0.25, 0.3) is 5.82 Å². The molecule has 4 rings (SSSR count). The molecule has 2 aliphatic rings. The number of fused-ring (bicyclic) bond motifs is 2. The fourth-order valence-electron chi connectivity index (χ4n) is 4.71. The minimum Gasteiger partial charge on any atom is -0.477 e. The molecule has 0 spiro atoms. The van der Waals surface area contributed by atoms with Gasteiger partial charge >= 0.3 is 5.97 Å². The van der Waals surface area contributed by atoms with E-state index in [1.165, 1.54) is 16.2 Å². The van der Waals surface area contributed by atoms with E-state index >= 15 is 0 Å². The number of nitrogens with one attached hydrogen (secondary N) is 1. The van der Waals surface area contributed by atoms with Gasteiger partial charge in [-0.3, -0.25) is 9.59 Å². The SMILES string of the molecule is C[C@@H](NC=O)c1n2ccsc2c[n+]1CC1=C(C(=O)O)N2C(=O)[C@H]([C@@H](C)O)[C@H]2[C@H]1C. The summed E-state index contributed by atoms with van der Waals surface area (Å²) >= 11 is 1.54. The Morgan fingerprint density at radius 1 is 1.45 bits per heavy atom. The molecular weight excluding hydrogens is 396 g/mol. The molecule has 2 amide bonds. The summed E-state index contributed by atoms with van der Waals surface area (Å²) in [4.78, 5) is 37.8. The minimum atomic E-state index is -1.14. The first kappa shape index (κ1) is 19.6. The van der Waals surface area contributed by atoms with Crippen LogP contribution in [0.15, 0.2) is 29.0 Å². The van der Waals surface area contributed by atoms with E-state index in [4.69, 9.17) is 0 Å². The summed E-state index contributed by atoms with van der Waals surface area (Å²) in [6.07, 6.45) is 3.63. The highest BCUT2D eigenvalue weighted by molar-refractivity contribution is 7.15. The number of aliphatic hydroxyl groups excluding tert-OH is 1. The molecule has 2 aromatic rings. The molecule has 4 heterocycles. The summed E-state index contributed by atoms with van der Waals surface area (Å²) in [6.45, 7) is 5.60. The van der Waals surface area contributed by atoms with Gasteiger partial charge in [-0.1, -0.05) is 18.3 Å². The third kappa shape index (κ3) is 2.77. The van der Waals surface area contributed by atoms with Gasteiger partial charge in [-0.05, 0) is 13.8 Å². The van der Waals surface area contributed by atoms with Crippen LogP contribution in [0.3, 0.4) is 0 Å². The molecule has 0 unspecified atom stereocenters. The fourth-order valence-corrected chi connectivity index (χ4v) is 5.49. The van der Waals surface area contributed by atoms with Crippen molar-refractivity contribution in [1.29, 1.82) is 0 Å². The lowest BCUT2D eigenvalue weighted by Crippen LogP contribution is -2.63. The van der Waals surface area contributed by atoms with E-state index in [2.05, 4.69) is 5.32 Å². The Morgan fingerprint density at radius 3 is 2.79 bits per heavy atom. The Kier molecular flexibility index (Phi) is 4.70. The summed E-state index contributed by atoms with van der Waals surface area (Å²) in [5.74, 6) is -1.47. The first-order valence-corrected chi connectivity index (χ1v) is 10.3. The van der Waals surface area contributed by atoms with Crippen LogP contribution in [0.1, 0.15) is 32.6 Å². The monoisotopic (exact) mass is 419 g/mol. The Balaban J connectivity index is 1.77. The number of nitrogens with zero attached hydrogens (tertiary/aromatic N) is 3. The smallest absolute Gasteiger partial charge is 0.352 e. The van der Waals surface area contributed by atoms with Crippen molar-refractivity contribution in [3.8, 4) is 0 Å². The molecule has 2 aliphatic heterocycles. The third-order valence-electron chi connectivity index (χ3n) is 6.01. The van der Waals surface area contributed by atoms with Gasteiger partial charge in [0.15, 0.2) is 0 Å². The standard InChI is InChI=1S/C19H22N4O5S/c1-9-12(16(19(27)28)23-15(9)14(11(3)25)18(23)26)6-21-7-13-22(4-5-29-13)17(21)10(2)20-8-24/h4-5,7-11,14-15,25H,6H2,1-3H3,(H-,20,24,27,28)/p+1/t9-,10+,11+,14+,15+/m0/s1. The summed E-state index contributed by atoms with van der Waals surface area (Å²) in [5.41, 5.74) is 0.648. The van der Waals surface area contributed by atoms with E-state index in [9.17, 15) is 24.6 Å². The molecule has 9 nitrogen and oxygen atoms in total. The predicted octanol–water partition coefficient (Wildman–Crippen LogP) is 0.292. The molecule has 0 saturated carbocycles. The van der Waals surface area contributed by atoms with Crippen molar-refractivity contribution in [3.05, 3.63) is 34.9 Å². The third-order valence-corrected chi connectivity index (χ3v) is 6.81. The summed E-state index contributed by atoms with van der Waals surface area (Å²) < 4.78 is 3.89. The molecule has 10 heteroatoms. The average Bonchev–Trinajstić information content (AvgIpc) is 3.27. The van der Waals surface area contributed by atoms with Crippen LogP contribution in [0.25, 0.3) is 4.83 Å². The fraction of sp³-hybridized carbons (Fsp3) is 0.474. The van der Waals surface area contributed by atoms with Crippen LogP contribution in [-0.2, 0) is 20.9 Å². The van der Waals surface area contributed by atoms with Gasteiger partial charge in [-0.15, -0.1) is 0 Å². The molecule has 1 saturated heterocycles. The van der Waals surface area contributed by atoms with E-state index < -0.39 is 18.0 Å². The second-order valence-corrected chi connectivity index (χ2v) is 8.59. The first-order valence-electron chi connectivity index (χ1n) is 9.43. The number of aliphatic carboxylic acids is 1. The van der Waals surface area contributed by atoms with Gasteiger partial charge in [0.05, 0.1) is 18.1 Å². The van der Waals surface area contributed by atoms with Gasteiger partial charge in [-0.25, -0.2) is 9.36 Å². The van der Waals surface area contributed by atoms with Crippen LogP contribution in [0.2, 0.25) is 0 Å². The largest absolute Gasteiger partial charge is 0.477 e. The van der Waals surface area contributed by atoms with Crippen LogP contribution in [0, 0.1) is 11.8 Å². The van der Waals surface area contributed by atoms with Crippen molar-refractivity contribution in [2.75, 3.05) is 0 Å². The van der Waals surface area contributed by atoms with E-state index in [0.717, 1.165) is 10.7 Å². The molecule has 2 aromatic heterocycles. The maximum Gasteiger partial charge on any atom is 0.352 e.